The Morgan fingerprint density at radius 3 is 2.67 bits per heavy atom. The molecule has 3 aliphatic heterocycles. The third-order valence-corrected chi connectivity index (χ3v) is 10.8. The number of rotatable bonds is 5. The molecule has 4 aromatic rings. The van der Waals surface area contributed by atoms with Crippen LogP contribution in [0.1, 0.15) is 38.5 Å². The molecule has 6 nitrogen and oxygen atoms in total. The van der Waals surface area contributed by atoms with Gasteiger partial charge >= 0.3 is 6.01 Å². The molecule has 0 spiro atoms. The van der Waals surface area contributed by atoms with Crippen molar-refractivity contribution in [2.45, 2.75) is 50.2 Å². The monoisotopic (exact) mass is 624 g/mol. The fourth-order valence-electron chi connectivity index (χ4n) is 8.30. The molecule has 10 heteroatoms. The predicted molar refractivity (Wildman–Crippen MR) is 166 cm³/mol. The van der Waals surface area contributed by atoms with Gasteiger partial charge in [-0.25, -0.2) is 8.78 Å². The molecule has 4 fully saturated rings. The Labute approximate surface area is 258 Å². The van der Waals surface area contributed by atoms with Gasteiger partial charge in [-0.1, -0.05) is 35.3 Å². The van der Waals surface area contributed by atoms with Crippen LogP contribution < -0.4 is 9.64 Å². The molecule has 224 valence electrons. The lowest BCUT2D eigenvalue weighted by Crippen LogP contribution is -2.43. The first-order valence-corrected chi connectivity index (χ1v) is 15.9. The number of benzene rings is 3. The lowest BCUT2D eigenvalue weighted by atomic mass is 9.95. The third-order valence-electron chi connectivity index (χ3n) is 10.2. The number of ether oxygens (including phenoxy) is 1. The molecule has 4 heterocycles. The molecule has 0 radical (unpaired) electrons. The van der Waals surface area contributed by atoms with Crippen molar-refractivity contribution < 1.29 is 18.6 Å². The predicted octanol–water partition coefficient (Wildman–Crippen LogP) is 7.79. The number of phenols is 1. The van der Waals surface area contributed by atoms with Crippen LogP contribution in [0.2, 0.25) is 10.0 Å². The maximum absolute atomic E-state index is 16.9. The van der Waals surface area contributed by atoms with Crippen molar-refractivity contribution in [2.75, 3.05) is 37.7 Å². The third kappa shape index (κ3) is 4.59. The molecule has 1 aromatic heterocycles. The summed E-state index contributed by atoms with van der Waals surface area (Å²) < 4.78 is 37.6. The van der Waals surface area contributed by atoms with Gasteiger partial charge in [0, 0.05) is 47.4 Å². The fourth-order valence-corrected chi connectivity index (χ4v) is 8.88. The first-order valence-electron chi connectivity index (χ1n) is 15.2. The molecule has 1 aliphatic carbocycles. The van der Waals surface area contributed by atoms with Crippen LogP contribution in [0.25, 0.3) is 32.8 Å². The molecule has 43 heavy (non-hydrogen) atoms. The van der Waals surface area contributed by atoms with Gasteiger partial charge in [0.25, 0.3) is 0 Å². The average molecular weight is 626 g/mol. The van der Waals surface area contributed by atoms with Crippen LogP contribution in [0.5, 0.6) is 11.8 Å². The van der Waals surface area contributed by atoms with E-state index in [-0.39, 0.29) is 40.0 Å². The summed E-state index contributed by atoms with van der Waals surface area (Å²) >= 11 is 13.5. The summed E-state index contributed by atoms with van der Waals surface area (Å²) in [5.74, 6) is 1.09. The summed E-state index contributed by atoms with van der Waals surface area (Å²) in [6, 6.07) is 10.2. The first kappa shape index (κ1) is 27.6. The van der Waals surface area contributed by atoms with E-state index in [1.165, 1.54) is 25.3 Å². The van der Waals surface area contributed by atoms with E-state index in [4.69, 9.17) is 32.9 Å². The molecule has 1 N–H and O–H groups in total. The zero-order chi connectivity index (χ0) is 29.5. The van der Waals surface area contributed by atoms with Gasteiger partial charge in [-0.3, -0.25) is 4.90 Å². The zero-order valence-corrected chi connectivity index (χ0v) is 25.1. The highest BCUT2D eigenvalue weighted by molar-refractivity contribution is 6.38. The molecule has 2 bridgehead atoms. The van der Waals surface area contributed by atoms with Crippen molar-refractivity contribution >= 4 is 50.7 Å². The number of aromatic nitrogens is 2. The van der Waals surface area contributed by atoms with Gasteiger partial charge in [0.1, 0.15) is 29.9 Å². The zero-order valence-electron chi connectivity index (χ0n) is 23.6. The molecule has 0 amide bonds. The Hall–Kier alpha value is -2.94. The summed E-state index contributed by atoms with van der Waals surface area (Å²) in [5, 5.41) is 12.9. The van der Waals surface area contributed by atoms with Crippen LogP contribution in [0, 0.1) is 17.7 Å². The Kier molecular flexibility index (Phi) is 6.62. The van der Waals surface area contributed by atoms with E-state index in [2.05, 4.69) is 14.8 Å². The molecule has 1 saturated carbocycles. The van der Waals surface area contributed by atoms with Gasteiger partial charge < -0.3 is 14.7 Å². The van der Waals surface area contributed by atoms with Crippen LogP contribution in [-0.4, -0.2) is 64.5 Å². The van der Waals surface area contributed by atoms with E-state index in [9.17, 15) is 9.50 Å². The number of alkyl halides is 1. The van der Waals surface area contributed by atoms with Gasteiger partial charge in [0.2, 0.25) is 0 Å². The highest BCUT2D eigenvalue weighted by atomic mass is 35.5. The van der Waals surface area contributed by atoms with Crippen molar-refractivity contribution in [1.29, 1.82) is 0 Å². The smallest absolute Gasteiger partial charge is 0.319 e. The van der Waals surface area contributed by atoms with E-state index in [1.807, 2.05) is 6.07 Å². The Bertz CT molecular complexity index is 1760. The van der Waals surface area contributed by atoms with Gasteiger partial charge in [-0.2, -0.15) is 9.97 Å². The minimum Gasteiger partial charge on any atom is -0.508 e. The van der Waals surface area contributed by atoms with E-state index >= 15 is 4.39 Å². The summed E-state index contributed by atoms with van der Waals surface area (Å²) in [4.78, 5) is 13.9. The topological polar surface area (TPSA) is 61.7 Å². The SMILES string of the molecule is Oc1cc(-c2c(Cl)cc3c(N4CC5CCC(C5)C4)nc(OC[C@]45CCCN4C[C@@H](F)C5)nc3c2F)c2c(Cl)cccc2c1. The number of aromatic hydroxyl groups is 1. The van der Waals surface area contributed by atoms with E-state index in [0.717, 1.165) is 32.5 Å². The molecule has 3 saturated heterocycles. The summed E-state index contributed by atoms with van der Waals surface area (Å²) in [6.07, 6.45) is 4.95. The number of nitrogens with zero attached hydrogens (tertiary/aromatic N) is 4. The standard InChI is InChI=1S/C33H32Cl2F2N4O2/c34-25-4-1-3-20-10-22(42)11-23(27(20)25)28-26(35)12-24-30(29(28)37)38-32(39-31(24)40-14-18-5-6-19(9-18)15-40)43-17-33-7-2-8-41(33)16-21(36)13-33/h1,3-4,10-12,18-19,21,42H,2,5-9,13-17H2/t18?,19?,21-,33+/m0/s1. The second-order valence-corrected chi connectivity index (χ2v) is 13.7. The van der Waals surface area contributed by atoms with Crippen LogP contribution in [-0.2, 0) is 0 Å². The number of piperidine rings is 1. The van der Waals surface area contributed by atoms with Gasteiger partial charge in [-0.15, -0.1) is 0 Å². The summed E-state index contributed by atoms with van der Waals surface area (Å²) in [5.41, 5.74) is 0.192. The second kappa shape index (κ2) is 10.3. The van der Waals surface area contributed by atoms with Crippen LogP contribution in [0.3, 0.4) is 0 Å². The quantitative estimate of drug-likeness (QED) is 0.244. The Morgan fingerprint density at radius 1 is 1.05 bits per heavy atom. The number of hydrogen-bond acceptors (Lipinski definition) is 6. The van der Waals surface area contributed by atoms with Gasteiger partial charge in [0.15, 0.2) is 5.82 Å². The van der Waals surface area contributed by atoms with Crippen LogP contribution in [0.15, 0.2) is 36.4 Å². The number of phenolic OH excluding ortho intramolecular Hbond substituents is 1. The number of fused-ring (bicyclic) bond motifs is 5. The van der Waals surface area contributed by atoms with Crippen LogP contribution in [0.4, 0.5) is 14.6 Å². The molecular formula is C33H32Cl2F2N4O2. The molecule has 8 rings (SSSR count). The Morgan fingerprint density at radius 2 is 1.86 bits per heavy atom. The van der Waals surface area contributed by atoms with E-state index < -0.39 is 12.0 Å². The number of halogens is 4. The molecule has 3 aromatic carbocycles. The minimum absolute atomic E-state index is 0.0281. The summed E-state index contributed by atoms with van der Waals surface area (Å²) in [6.45, 7) is 3.18. The van der Waals surface area contributed by atoms with Gasteiger partial charge in [0.05, 0.1) is 10.6 Å². The van der Waals surface area contributed by atoms with Crippen molar-refractivity contribution in [3.63, 3.8) is 0 Å². The van der Waals surface area contributed by atoms with E-state index in [0.29, 0.717) is 57.4 Å². The number of anilines is 1. The minimum atomic E-state index is -0.883. The first-order chi connectivity index (χ1) is 20.8. The van der Waals surface area contributed by atoms with Crippen molar-refractivity contribution in [1.82, 2.24) is 14.9 Å². The van der Waals surface area contributed by atoms with Crippen LogP contribution >= 0.6 is 23.2 Å². The maximum atomic E-state index is 16.9. The lowest BCUT2D eigenvalue weighted by Gasteiger charge is -2.34. The molecule has 2 unspecified atom stereocenters. The molecule has 4 aliphatic rings. The summed E-state index contributed by atoms with van der Waals surface area (Å²) in [7, 11) is 0. The normalized spacial score (nSPS) is 27.0. The largest absolute Gasteiger partial charge is 0.508 e. The highest BCUT2D eigenvalue weighted by Gasteiger charge is 2.49. The van der Waals surface area contributed by atoms with Gasteiger partial charge in [-0.05, 0) is 85.7 Å². The maximum Gasteiger partial charge on any atom is 0.319 e. The van der Waals surface area contributed by atoms with Crippen molar-refractivity contribution in [2.24, 2.45) is 11.8 Å². The number of hydrogen-bond donors (Lipinski definition) is 1. The molecule has 4 atom stereocenters. The average Bonchev–Trinajstić information content (AvgIpc) is 3.62. The van der Waals surface area contributed by atoms with Crippen molar-refractivity contribution in [3.05, 3.63) is 52.3 Å². The lowest BCUT2D eigenvalue weighted by molar-refractivity contribution is 0.107. The fraction of sp³-hybridized carbons (Fsp3) is 0.455. The van der Waals surface area contributed by atoms with E-state index in [1.54, 1.807) is 24.3 Å². The second-order valence-electron chi connectivity index (χ2n) is 12.9. The molecular weight excluding hydrogens is 593 g/mol. The van der Waals surface area contributed by atoms with Crippen molar-refractivity contribution in [3.8, 4) is 22.9 Å². The highest BCUT2D eigenvalue weighted by Crippen LogP contribution is 2.46. The Balaban J connectivity index is 1.28.